The Morgan fingerprint density at radius 2 is 2.26 bits per heavy atom. The minimum atomic E-state index is -0.807. The van der Waals surface area contributed by atoms with Crippen LogP contribution in [0.1, 0.15) is 28.2 Å². The summed E-state index contributed by atoms with van der Waals surface area (Å²) in [6.07, 6.45) is -0.406. The molecule has 23 heavy (non-hydrogen) atoms. The van der Waals surface area contributed by atoms with Gasteiger partial charge in [-0.15, -0.1) is 11.8 Å². The highest BCUT2D eigenvalue weighted by molar-refractivity contribution is 7.98. The number of ether oxygens (including phenoxy) is 2. The van der Waals surface area contributed by atoms with Gasteiger partial charge in [0.05, 0.1) is 17.9 Å². The summed E-state index contributed by atoms with van der Waals surface area (Å²) in [5, 5.41) is 3.93. The average Bonchev–Trinajstić information content (AvgIpc) is 3.14. The largest absolute Gasteiger partial charge is 0.463 e. The summed E-state index contributed by atoms with van der Waals surface area (Å²) < 4.78 is 15.1. The number of nitrogens with zero attached hydrogens (tertiary/aromatic N) is 1. The summed E-state index contributed by atoms with van der Waals surface area (Å²) in [5.41, 5.74) is 1.23. The Balaban J connectivity index is 1.69. The zero-order chi connectivity index (χ0) is 16.2. The summed E-state index contributed by atoms with van der Waals surface area (Å²) in [6, 6.07) is 8.97. The van der Waals surface area contributed by atoms with E-state index in [9.17, 15) is 9.59 Å². The molecule has 0 amide bonds. The molecule has 2 aromatic rings. The number of hydrogen-bond acceptors (Lipinski definition) is 7. The number of carbonyl (C=O) groups excluding carboxylic acids is 2. The quantitative estimate of drug-likeness (QED) is 0.615. The monoisotopic (exact) mass is 333 g/mol. The Morgan fingerprint density at radius 1 is 1.43 bits per heavy atom. The molecule has 1 aromatic carbocycles. The second-order valence-electron chi connectivity index (χ2n) is 5.06. The maximum absolute atomic E-state index is 12.3. The average molecular weight is 333 g/mol. The Hall–Kier alpha value is -2.28. The molecule has 0 N–H and O–H groups in total. The first-order valence-corrected chi connectivity index (χ1v) is 8.13. The zero-order valence-electron chi connectivity index (χ0n) is 12.5. The second-order valence-corrected chi connectivity index (χ2v) is 6.08. The third-order valence-corrected chi connectivity index (χ3v) is 4.40. The lowest BCUT2D eigenvalue weighted by Gasteiger charge is -2.11. The van der Waals surface area contributed by atoms with Crippen molar-refractivity contribution in [2.75, 3.05) is 6.61 Å². The SMILES string of the molecule is Cc1cc(CSc2ccccc2C(=O)O[C@@H]2CCOC2=O)no1. The molecule has 120 valence electrons. The van der Waals surface area contributed by atoms with E-state index in [1.807, 2.05) is 25.1 Å². The van der Waals surface area contributed by atoms with E-state index in [1.165, 1.54) is 11.8 Å². The molecule has 1 aliphatic heterocycles. The van der Waals surface area contributed by atoms with Gasteiger partial charge in [-0.05, 0) is 19.1 Å². The number of hydrogen-bond donors (Lipinski definition) is 0. The Kier molecular flexibility index (Phi) is 4.66. The molecule has 1 atom stereocenters. The first-order chi connectivity index (χ1) is 11.1. The summed E-state index contributed by atoms with van der Waals surface area (Å²) >= 11 is 1.46. The van der Waals surface area contributed by atoms with Crippen molar-refractivity contribution in [2.45, 2.75) is 30.1 Å². The van der Waals surface area contributed by atoms with E-state index in [0.29, 0.717) is 24.3 Å². The van der Waals surface area contributed by atoms with Crippen LogP contribution in [0.15, 0.2) is 39.8 Å². The maximum Gasteiger partial charge on any atom is 0.347 e. The molecule has 0 unspecified atom stereocenters. The van der Waals surface area contributed by atoms with Gasteiger partial charge >= 0.3 is 11.9 Å². The third-order valence-electron chi connectivity index (χ3n) is 3.30. The first kappa shape index (κ1) is 15.6. The number of aryl methyl sites for hydroxylation is 1. The van der Waals surface area contributed by atoms with Gasteiger partial charge in [0.25, 0.3) is 0 Å². The lowest BCUT2D eigenvalue weighted by molar-refractivity contribution is -0.145. The smallest absolute Gasteiger partial charge is 0.347 e. The van der Waals surface area contributed by atoms with Crippen molar-refractivity contribution in [3.05, 3.63) is 47.3 Å². The van der Waals surface area contributed by atoms with Gasteiger partial charge in [0.1, 0.15) is 5.76 Å². The van der Waals surface area contributed by atoms with Gasteiger partial charge in [0.15, 0.2) is 0 Å². The van der Waals surface area contributed by atoms with Crippen LogP contribution in [0, 0.1) is 6.92 Å². The molecular formula is C16H15NO5S. The maximum atomic E-state index is 12.3. The van der Waals surface area contributed by atoms with Crippen molar-refractivity contribution < 1.29 is 23.6 Å². The molecule has 1 fully saturated rings. The number of thioether (sulfide) groups is 1. The fourth-order valence-corrected chi connectivity index (χ4v) is 3.10. The van der Waals surface area contributed by atoms with Gasteiger partial charge in [-0.3, -0.25) is 0 Å². The van der Waals surface area contributed by atoms with Crippen LogP contribution in [-0.4, -0.2) is 29.8 Å². The van der Waals surface area contributed by atoms with Gasteiger partial charge in [-0.1, -0.05) is 17.3 Å². The van der Waals surface area contributed by atoms with E-state index in [1.54, 1.807) is 12.1 Å². The molecule has 1 saturated heterocycles. The van der Waals surface area contributed by atoms with Crippen molar-refractivity contribution in [3.8, 4) is 0 Å². The molecule has 1 aliphatic rings. The molecule has 6 nitrogen and oxygen atoms in total. The van der Waals surface area contributed by atoms with Crippen LogP contribution in [0.25, 0.3) is 0 Å². The van der Waals surface area contributed by atoms with Gasteiger partial charge in [-0.25, -0.2) is 9.59 Å². The second kappa shape index (κ2) is 6.87. The molecular weight excluding hydrogens is 318 g/mol. The number of carbonyl (C=O) groups is 2. The highest BCUT2D eigenvalue weighted by Gasteiger charge is 2.31. The van der Waals surface area contributed by atoms with Gasteiger partial charge < -0.3 is 14.0 Å². The molecule has 2 heterocycles. The zero-order valence-corrected chi connectivity index (χ0v) is 13.3. The van der Waals surface area contributed by atoms with Crippen LogP contribution in [0.3, 0.4) is 0 Å². The number of rotatable bonds is 5. The van der Waals surface area contributed by atoms with E-state index in [2.05, 4.69) is 5.16 Å². The molecule has 0 bridgehead atoms. The number of esters is 2. The normalized spacial score (nSPS) is 17.1. The molecule has 0 aliphatic carbocycles. The molecule has 0 saturated carbocycles. The predicted octanol–water partition coefficient (Wildman–Crippen LogP) is 2.75. The van der Waals surface area contributed by atoms with Crippen LogP contribution in [0.5, 0.6) is 0 Å². The summed E-state index contributed by atoms with van der Waals surface area (Å²) in [4.78, 5) is 24.5. The lowest BCUT2D eigenvalue weighted by atomic mass is 10.2. The number of benzene rings is 1. The molecule has 3 rings (SSSR count). The van der Waals surface area contributed by atoms with E-state index in [-0.39, 0.29) is 0 Å². The number of cyclic esters (lactones) is 1. The molecule has 1 aromatic heterocycles. The molecule has 7 heteroatoms. The van der Waals surface area contributed by atoms with Crippen LogP contribution >= 0.6 is 11.8 Å². The van der Waals surface area contributed by atoms with Crippen molar-refractivity contribution in [3.63, 3.8) is 0 Å². The van der Waals surface area contributed by atoms with Crippen LogP contribution < -0.4 is 0 Å². The van der Waals surface area contributed by atoms with Crippen LogP contribution in [0.4, 0.5) is 0 Å². The summed E-state index contributed by atoms with van der Waals surface area (Å²) in [5.74, 6) is 0.315. The highest BCUT2D eigenvalue weighted by atomic mass is 32.2. The fraction of sp³-hybridized carbons (Fsp3) is 0.312. The van der Waals surface area contributed by atoms with E-state index < -0.39 is 18.0 Å². The molecule has 0 spiro atoms. The van der Waals surface area contributed by atoms with E-state index >= 15 is 0 Å². The van der Waals surface area contributed by atoms with Crippen molar-refractivity contribution in [2.24, 2.45) is 0 Å². The van der Waals surface area contributed by atoms with Gasteiger partial charge in [0, 0.05) is 23.1 Å². The van der Waals surface area contributed by atoms with Gasteiger partial charge in [-0.2, -0.15) is 0 Å². The van der Waals surface area contributed by atoms with Crippen molar-refractivity contribution in [1.29, 1.82) is 0 Å². The predicted molar refractivity (Wildman–Crippen MR) is 82.0 cm³/mol. The van der Waals surface area contributed by atoms with E-state index in [0.717, 1.165) is 16.3 Å². The highest BCUT2D eigenvalue weighted by Crippen LogP contribution is 2.27. The minimum Gasteiger partial charge on any atom is -0.463 e. The number of aromatic nitrogens is 1. The Bertz CT molecular complexity index is 727. The lowest BCUT2D eigenvalue weighted by Crippen LogP contribution is -2.23. The van der Waals surface area contributed by atoms with Crippen LogP contribution in [0.2, 0.25) is 0 Å². The first-order valence-electron chi connectivity index (χ1n) is 7.15. The van der Waals surface area contributed by atoms with Crippen molar-refractivity contribution in [1.82, 2.24) is 5.16 Å². The summed E-state index contributed by atoms with van der Waals surface area (Å²) in [7, 11) is 0. The van der Waals surface area contributed by atoms with E-state index in [4.69, 9.17) is 14.0 Å². The van der Waals surface area contributed by atoms with Gasteiger partial charge in [0.2, 0.25) is 6.10 Å². The summed E-state index contributed by atoms with van der Waals surface area (Å²) in [6.45, 7) is 2.12. The Morgan fingerprint density at radius 3 is 2.96 bits per heavy atom. The third kappa shape index (κ3) is 3.73. The Labute approximate surface area is 137 Å². The fourth-order valence-electron chi connectivity index (χ4n) is 2.18. The van der Waals surface area contributed by atoms with Crippen LogP contribution in [-0.2, 0) is 20.0 Å². The van der Waals surface area contributed by atoms with Crippen molar-refractivity contribution >= 4 is 23.7 Å². The molecule has 0 radical (unpaired) electrons. The standard InChI is InChI=1S/C16H15NO5S/c1-10-8-11(17-22-10)9-23-14-5-3-2-4-12(14)15(18)21-13-6-7-20-16(13)19/h2-5,8,13H,6-7,9H2,1H3/t13-/m1/s1. The topological polar surface area (TPSA) is 78.6 Å². The minimum absolute atomic E-state index is 0.290.